The number of hydrogen-bond donors (Lipinski definition) is 3. The predicted octanol–water partition coefficient (Wildman–Crippen LogP) is 3.52. The highest BCUT2D eigenvalue weighted by Crippen LogP contribution is 2.18. The lowest BCUT2D eigenvalue weighted by Crippen LogP contribution is -2.28. The van der Waals surface area contributed by atoms with Crippen molar-refractivity contribution in [1.29, 1.82) is 0 Å². The fourth-order valence-corrected chi connectivity index (χ4v) is 2.39. The molecule has 0 aliphatic carbocycles. The van der Waals surface area contributed by atoms with Gasteiger partial charge in [-0.05, 0) is 36.8 Å². The number of imidazole rings is 1. The lowest BCUT2D eigenvalue weighted by molar-refractivity contribution is 0.619. The number of aryl methyl sites for hydroxylation is 1. The number of aromatic nitrogens is 2. The Labute approximate surface area is 144 Å². The van der Waals surface area contributed by atoms with Crippen LogP contribution in [0.1, 0.15) is 5.56 Å². The Morgan fingerprint density at radius 3 is 2.67 bits per heavy atom. The van der Waals surface area contributed by atoms with Gasteiger partial charge in [0, 0.05) is 11.3 Å². The summed E-state index contributed by atoms with van der Waals surface area (Å²) in [6.07, 6.45) is 1.74. The van der Waals surface area contributed by atoms with Crippen molar-refractivity contribution in [2.24, 2.45) is 0 Å². The van der Waals surface area contributed by atoms with Gasteiger partial charge in [-0.2, -0.15) is 0 Å². The molecular formula is C17H16FN5S. The Hall–Kier alpha value is -2.93. The number of nitrogen functional groups attached to an aromatic ring is 1. The van der Waals surface area contributed by atoms with Gasteiger partial charge in [-0.1, -0.05) is 36.4 Å². The number of nitrogens with zero attached hydrogens (tertiary/aromatic N) is 2. The van der Waals surface area contributed by atoms with E-state index in [1.165, 1.54) is 10.7 Å². The Morgan fingerprint density at radius 2 is 1.96 bits per heavy atom. The lowest BCUT2D eigenvalue weighted by Gasteiger charge is -2.12. The zero-order valence-electron chi connectivity index (χ0n) is 13.0. The molecule has 0 saturated heterocycles. The fourth-order valence-electron chi connectivity index (χ4n) is 2.17. The zero-order valence-corrected chi connectivity index (χ0v) is 13.8. The van der Waals surface area contributed by atoms with Gasteiger partial charge < -0.3 is 11.1 Å². The van der Waals surface area contributed by atoms with Crippen LogP contribution in [0.25, 0.3) is 11.3 Å². The molecule has 3 rings (SSSR count). The van der Waals surface area contributed by atoms with E-state index in [1.54, 1.807) is 25.3 Å². The van der Waals surface area contributed by atoms with Crippen LogP contribution in [0, 0.1) is 12.7 Å². The first-order valence-electron chi connectivity index (χ1n) is 7.27. The molecule has 122 valence electrons. The van der Waals surface area contributed by atoms with Gasteiger partial charge in [-0.3, -0.25) is 5.43 Å². The summed E-state index contributed by atoms with van der Waals surface area (Å²) in [4.78, 5) is 4.30. The van der Waals surface area contributed by atoms with Gasteiger partial charge >= 0.3 is 0 Å². The number of nitrogens with one attached hydrogen (secondary N) is 2. The molecule has 0 radical (unpaired) electrons. The molecule has 1 aromatic heterocycles. The summed E-state index contributed by atoms with van der Waals surface area (Å²) in [6, 6.07) is 14.5. The molecular weight excluding hydrogens is 325 g/mol. The molecule has 24 heavy (non-hydrogen) atoms. The minimum absolute atomic E-state index is 0.271. The summed E-state index contributed by atoms with van der Waals surface area (Å²) in [5.41, 5.74) is 11.6. The van der Waals surface area contributed by atoms with E-state index in [1.807, 2.05) is 30.3 Å². The van der Waals surface area contributed by atoms with Crippen molar-refractivity contribution >= 4 is 29.0 Å². The maximum absolute atomic E-state index is 13.6. The van der Waals surface area contributed by atoms with E-state index in [0.717, 1.165) is 11.3 Å². The number of benzene rings is 2. The summed E-state index contributed by atoms with van der Waals surface area (Å²) in [5, 5.41) is 3.19. The molecule has 0 fully saturated rings. The van der Waals surface area contributed by atoms with Crippen molar-refractivity contribution < 1.29 is 4.39 Å². The summed E-state index contributed by atoms with van der Waals surface area (Å²) in [7, 11) is 0. The van der Waals surface area contributed by atoms with E-state index in [2.05, 4.69) is 15.7 Å². The lowest BCUT2D eigenvalue weighted by atomic mass is 10.2. The van der Waals surface area contributed by atoms with Crippen molar-refractivity contribution in [2.45, 2.75) is 6.92 Å². The fraction of sp³-hybridized carbons (Fsp3) is 0.0588. The minimum Gasteiger partial charge on any atom is -0.368 e. The number of rotatable bonds is 3. The van der Waals surface area contributed by atoms with Gasteiger partial charge in [0.2, 0.25) is 5.95 Å². The highest BCUT2D eigenvalue weighted by atomic mass is 32.1. The van der Waals surface area contributed by atoms with Crippen molar-refractivity contribution in [1.82, 2.24) is 9.66 Å². The first-order chi connectivity index (χ1) is 11.5. The number of halogens is 1. The van der Waals surface area contributed by atoms with Crippen LogP contribution < -0.4 is 16.5 Å². The average Bonchev–Trinajstić information content (AvgIpc) is 2.93. The molecule has 0 atom stereocenters. The Balaban J connectivity index is 1.72. The molecule has 0 spiro atoms. The van der Waals surface area contributed by atoms with Gasteiger partial charge in [0.15, 0.2) is 5.11 Å². The van der Waals surface area contributed by atoms with Crippen LogP contribution in [0.3, 0.4) is 0 Å². The highest BCUT2D eigenvalue weighted by molar-refractivity contribution is 7.80. The summed E-state index contributed by atoms with van der Waals surface area (Å²) in [5.74, 6) is -0.0237. The third-order valence-electron chi connectivity index (χ3n) is 3.45. The van der Waals surface area contributed by atoms with Crippen LogP contribution in [-0.2, 0) is 0 Å². The minimum atomic E-state index is -0.295. The molecule has 0 saturated carbocycles. The first-order valence-corrected chi connectivity index (χ1v) is 7.68. The van der Waals surface area contributed by atoms with Crippen LogP contribution in [0.2, 0.25) is 0 Å². The predicted molar refractivity (Wildman–Crippen MR) is 98.8 cm³/mol. The van der Waals surface area contributed by atoms with Crippen molar-refractivity contribution in [3.8, 4) is 11.3 Å². The number of anilines is 2. The van der Waals surface area contributed by atoms with E-state index < -0.39 is 0 Å². The molecule has 0 unspecified atom stereocenters. The van der Waals surface area contributed by atoms with Crippen LogP contribution in [0.4, 0.5) is 16.0 Å². The van der Waals surface area contributed by atoms with Crippen molar-refractivity contribution in [2.75, 3.05) is 16.5 Å². The number of hydrogen-bond acceptors (Lipinski definition) is 3. The quantitative estimate of drug-likeness (QED) is 0.636. The second-order valence-electron chi connectivity index (χ2n) is 5.25. The largest absolute Gasteiger partial charge is 0.368 e. The molecule has 3 aromatic rings. The molecule has 0 aliphatic rings. The van der Waals surface area contributed by atoms with E-state index in [9.17, 15) is 4.39 Å². The number of nitrogens with two attached hydrogens (primary N) is 1. The third-order valence-corrected chi connectivity index (χ3v) is 3.65. The highest BCUT2D eigenvalue weighted by Gasteiger charge is 2.08. The van der Waals surface area contributed by atoms with Crippen LogP contribution in [0.15, 0.2) is 54.7 Å². The van der Waals surface area contributed by atoms with Crippen LogP contribution in [0.5, 0.6) is 0 Å². The molecule has 0 bridgehead atoms. The van der Waals surface area contributed by atoms with Gasteiger partial charge in [-0.25, -0.2) is 14.1 Å². The summed E-state index contributed by atoms with van der Waals surface area (Å²) in [6.45, 7) is 1.70. The van der Waals surface area contributed by atoms with E-state index in [4.69, 9.17) is 18.0 Å². The molecule has 2 aromatic carbocycles. The van der Waals surface area contributed by atoms with Gasteiger partial charge in [0.1, 0.15) is 5.82 Å². The van der Waals surface area contributed by atoms with E-state index in [-0.39, 0.29) is 16.9 Å². The third kappa shape index (κ3) is 3.52. The maximum atomic E-state index is 13.6. The smallest absolute Gasteiger partial charge is 0.220 e. The molecule has 7 heteroatoms. The zero-order chi connectivity index (χ0) is 17.1. The second-order valence-corrected chi connectivity index (χ2v) is 5.66. The molecule has 5 nitrogen and oxygen atoms in total. The molecule has 4 N–H and O–H groups in total. The summed E-state index contributed by atoms with van der Waals surface area (Å²) >= 11 is 5.23. The SMILES string of the molecule is Cc1ccc(NC(=S)Nn2cc(-c3ccccc3)nc2N)cc1F. The topological polar surface area (TPSA) is 67.9 Å². The Kier molecular flexibility index (Phi) is 4.43. The van der Waals surface area contributed by atoms with Crippen molar-refractivity contribution in [3.63, 3.8) is 0 Å². The monoisotopic (exact) mass is 341 g/mol. The molecule has 0 aliphatic heterocycles. The second kappa shape index (κ2) is 6.67. The standard InChI is InChI=1S/C17H16FN5S/c1-11-7-8-13(9-14(11)18)20-17(24)22-23-10-15(21-16(23)19)12-5-3-2-4-6-12/h2-10H,1H3,(H2,19,21)(H2,20,22,24). The summed E-state index contributed by atoms with van der Waals surface area (Å²) < 4.78 is 15.1. The van der Waals surface area contributed by atoms with E-state index in [0.29, 0.717) is 11.3 Å². The van der Waals surface area contributed by atoms with Gasteiger partial charge in [0.05, 0.1) is 11.9 Å². The molecule has 1 heterocycles. The number of thiocarbonyl (C=S) groups is 1. The van der Waals surface area contributed by atoms with Gasteiger partial charge in [-0.15, -0.1) is 0 Å². The molecule has 0 amide bonds. The maximum Gasteiger partial charge on any atom is 0.220 e. The van der Waals surface area contributed by atoms with Crippen molar-refractivity contribution in [3.05, 3.63) is 66.1 Å². The van der Waals surface area contributed by atoms with E-state index >= 15 is 0 Å². The Bertz CT molecular complexity index is 876. The average molecular weight is 341 g/mol. The van der Waals surface area contributed by atoms with Gasteiger partial charge in [0.25, 0.3) is 0 Å². The Morgan fingerprint density at radius 1 is 1.21 bits per heavy atom. The first kappa shape index (κ1) is 15.9. The normalized spacial score (nSPS) is 10.4. The van der Waals surface area contributed by atoms with Crippen LogP contribution >= 0.6 is 12.2 Å². The van der Waals surface area contributed by atoms with Crippen LogP contribution in [-0.4, -0.2) is 14.8 Å².